The van der Waals surface area contributed by atoms with Crippen LogP contribution in [0.5, 0.6) is 0 Å². The van der Waals surface area contributed by atoms with Gasteiger partial charge in [-0.2, -0.15) is 4.31 Å². The summed E-state index contributed by atoms with van der Waals surface area (Å²) in [7, 11) is -3.47. The Morgan fingerprint density at radius 3 is 2.53 bits per heavy atom. The van der Waals surface area contributed by atoms with Crippen molar-refractivity contribution in [3.05, 3.63) is 29.3 Å². The number of piperidine rings is 1. The zero-order valence-electron chi connectivity index (χ0n) is 10.3. The lowest BCUT2D eigenvalue weighted by atomic mass is 9.98. The lowest BCUT2D eigenvalue weighted by Crippen LogP contribution is -2.41. The van der Waals surface area contributed by atoms with Crippen molar-refractivity contribution in [1.29, 1.82) is 0 Å². The minimum absolute atomic E-state index is 0.140. The molecular formula is C12H15ClN2O2S2. The van der Waals surface area contributed by atoms with E-state index >= 15 is 0 Å². The molecule has 1 aromatic carbocycles. The molecule has 0 atom stereocenters. The summed E-state index contributed by atoms with van der Waals surface area (Å²) in [5.74, 6) is 0.140. The molecule has 0 unspecified atom stereocenters. The fourth-order valence-electron chi connectivity index (χ4n) is 2.16. The first-order valence-electron chi connectivity index (χ1n) is 5.96. The smallest absolute Gasteiger partial charge is 0.243 e. The molecule has 0 spiro atoms. The Morgan fingerprint density at radius 1 is 1.37 bits per heavy atom. The van der Waals surface area contributed by atoms with Crippen molar-refractivity contribution in [3.63, 3.8) is 0 Å². The van der Waals surface area contributed by atoms with E-state index in [0.717, 1.165) is 0 Å². The van der Waals surface area contributed by atoms with Crippen LogP contribution in [0.3, 0.4) is 0 Å². The lowest BCUT2D eigenvalue weighted by Gasteiger charge is -2.30. The summed E-state index contributed by atoms with van der Waals surface area (Å²) >= 11 is 10.8. The topological polar surface area (TPSA) is 63.4 Å². The highest BCUT2D eigenvalue weighted by atomic mass is 35.5. The van der Waals surface area contributed by atoms with E-state index in [1.165, 1.54) is 10.4 Å². The number of thiocarbonyl (C=S) groups is 1. The van der Waals surface area contributed by atoms with Crippen LogP contribution >= 0.6 is 23.8 Å². The normalized spacial score (nSPS) is 18.4. The minimum atomic E-state index is -3.47. The van der Waals surface area contributed by atoms with Crippen LogP contribution in [-0.2, 0) is 10.0 Å². The Kier molecular flexibility index (Phi) is 4.45. The van der Waals surface area contributed by atoms with Crippen molar-refractivity contribution in [2.75, 3.05) is 13.1 Å². The van der Waals surface area contributed by atoms with Gasteiger partial charge in [-0.3, -0.25) is 0 Å². The molecule has 0 aliphatic carbocycles. The Bertz CT molecular complexity index is 581. The molecule has 19 heavy (non-hydrogen) atoms. The van der Waals surface area contributed by atoms with Gasteiger partial charge >= 0.3 is 0 Å². The van der Waals surface area contributed by atoms with Gasteiger partial charge in [0.2, 0.25) is 10.0 Å². The number of hydrogen-bond donors (Lipinski definition) is 1. The van der Waals surface area contributed by atoms with Gasteiger partial charge in [0.1, 0.15) is 0 Å². The molecule has 0 bridgehead atoms. The summed E-state index contributed by atoms with van der Waals surface area (Å²) in [6.45, 7) is 0.883. The fourth-order valence-corrected chi connectivity index (χ4v) is 4.16. The van der Waals surface area contributed by atoms with Crippen LogP contribution in [0.25, 0.3) is 0 Å². The second kappa shape index (κ2) is 5.75. The standard InChI is InChI=1S/C12H15ClN2O2S2/c13-10-2-1-3-11(8-10)19(16,17)15-6-4-9(5-7-15)12(14)18/h1-3,8-9H,4-7H2,(H2,14,18). The number of halogens is 1. The highest BCUT2D eigenvalue weighted by molar-refractivity contribution is 7.89. The Labute approximate surface area is 123 Å². The average Bonchev–Trinajstić information content (AvgIpc) is 2.39. The molecule has 104 valence electrons. The molecule has 1 aromatic rings. The Balaban J connectivity index is 2.16. The van der Waals surface area contributed by atoms with E-state index in [0.29, 0.717) is 35.9 Å². The second-order valence-corrected chi connectivity index (χ2v) is 7.38. The molecule has 1 aliphatic heterocycles. The van der Waals surface area contributed by atoms with Crippen molar-refractivity contribution in [2.45, 2.75) is 17.7 Å². The highest BCUT2D eigenvalue weighted by Gasteiger charge is 2.30. The zero-order valence-corrected chi connectivity index (χ0v) is 12.6. The molecule has 1 saturated heterocycles. The molecule has 0 radical (unpaired) electrons. The largest absolute Gasteiger partial charge is 0.393 e. The Morgan fingerprint density at radius 2 is 2.00 bits per heavy atom. The van der Waals surface area contributed by atoms with E-state index in [4.69, 9.17) is 29.6 Å². The zero-order chi connectivity index (χ0) is 14.0. The summed E-state index contributed by atoms with van der Waals surface area (Å²) in [5, 5.41) is 0.416. The molecule has 0 aromatic heterocycles. The monoisotopic (exact) mass is 318 g/mol. The van der Waals surface area contributed by atoms with E-state index in [2.05, 4.69) is 0 Å². The highest BCUT2D eigenvalue weighted by Crippen LogP contribution is 2.25. The van der Waals surface area contributed by atoms with Crippen molar-refractivity contribution < 1.29 is 8.42 Å². The maximum absolute atomic E-state index is 12.4. The van der Waals surface area contributed by atoms with Crippen LogP contribution in [0.15, 0.2) is 29.2 Å². The molecule has 2 rings (SSSR count). The molecule has 0 amide bonds. The van der Waals surface area contributed by atoms with E-state index < -0.39 is 10.0 Å². The minimum Gasteiger partial charge on any atom is -0.393 e. The van der Waals surface area contributed by atoms with Gasteiger partial charge in [0.25, 0.3) is 0 Å². The molecule has 2 N–H and O–H groups in total. The molecule has 1 heterocycles. The van der Waals surface area contributed by atoms with E-state index in [1.54, 1.807) is 18.2 Å². The molecule has 7 heteroatoms. The molecule has 4 nitrogen and oxygen atoms in total. The van der Waals surface area contributed by atoms with Crippen LogP contribution in [-0.4, -0.2) is 30.8 Å². The summed E-state index contributed by atoms with van der Waals surface area (Å²) in [6.07, 6.45) is 1.35. The number of nitrogens with zero attached hydrogens (tertiary/aromatic N) is 1. The predicted molar refractivity (Wildman–Crippen MR) is 79.7 cm³/mol. The first kappa shape index (κ1) is 14.7. The number of benzene rings is 1. The van der Waals surface area contributed by atoms with Gasteiger partial charge in [0.15, 0.2) is 0 Å². The summed E-state index contributed by atoms with van der Waals surface area (Å²) in [4.78, 5) is 0.702. The van der Waals surface area contributed by atoms with Gasteiger partial charge in [-0.05, 0) is 31.0 Å². The number of rotatable bonds is 3. The first-order chi connectivity index (χ1) is 8.91. The quantitative estimate of drug-likeness (QED) is 0.866. The van der Waals surface area contributed by atoms with Crippen LogP contribution < -0.4 is 5.73 Å². The average molecular weight is 319 g/mol. The molecule has 1 fully saturated rings. The fraction of sp³-hybridized carbons (Fsp3) is 0.417. The molecule has 1 aliphatic rings. The third-order valence-corrected chi connectivity index (χ3v) is 5.75. The van der Waals surface area contributed by atoms with E-state index in [9.17, 15) is 8.42 Å². The predicted octanol–water partition coefficient (Wildman–Crippen LogP) is 2.03. The number of sulfonamides is 1. The summed E-state index contributed by atoms with van der Waals surface area (Å²) < 4.78 is 26.3. The number of nitrogens with two attached hydrogens (primary N) is 1. The van der Waals surface area contributed by atoms with Gasteiger partial charge in [0.05, 0.1) is 9.88 Å². The van der Waals surface area contributed by atoms with Crippen LogP contribution in [0.4, 0.5) is 0 Å². The first-order valence-corrected chi connectivity index (χ1v) is 8.19. The number of hydrogen-bond acceptors (Lipinski definition) is 3. The maximum Gasteiger partial charge on any atom is 0.243 e. The maximum atomic E-state index is 12.4. The Hall–Kier alpha value is -0.690. The van der Waals surface area contributed by atoms with Gasteiger partial charge in [-0.15, -0.1) is 0 Å². The lowest BCUT2D eigenvalue weighted by molar-refractivity contribution is 0.316. The van der Waals surface area contributed by atoms with Crippen LogP contribution in [0.2, 0.25) is 5.02 Å². The third-order valence-electron chi connectivity index (χ3n) is 3.29. The molecular weight excluding hydrogens is 304 g/mol. The van der Waals surface area contributed by atoms with E-state index in [-0.39, 0.29) is 10.8 Å². The third kappa shape index (κ3) is 3.25. The molecule has 0 saturated carbocycles. The van der Waals surface area contributed by atoms with Gasteiger partial charge < -0.3 is 5.73 Å². The summed E-state index contributed by atoms with van der Waals surface area (Å²) in [6, 6.07) is 6.31. The SMILES string of the molecule is NC(=S)C1CCN(S(=O)(=O)c2cccc(Cl)c2)CC1. The summed E-state index contributed by atoms with van der Waals surface area (Å²) in [5.41, 5.74) is 5.60. The second-order valence-electron chi connectivity index (χ2n) is 4.54. The van der Waals surface area contributed by atoms with Crippen molar-refractivity contribution >= 4 is 38.8 Å². The van der Waals surface area contributed by atoms with Crippen LogP contribution in [0, 0.1) is 5.92 Å². The van der Waals surface area contributed by atoms with Crippen molar-refractivity contribution in [2.24, 2.45) is 11.7 Å². The van der Waals surface area contributed by atoms with Gasteiger partial charge in [0, 0.05) is 24.0 Å². The van der Waals surface area contributed by atoms with Gasteiger partial charge in [-0.25, -0.2) is 8.42 Å². The van der Waals surface area contributed by atoms with Crippen LogP contribution in [0.1, 0.15) is 12.8 Å². The van der Waals surface area contributed by atoms with Crippen molar-refractivity contribution in [3.8, 4) is 0 Å². The van der Waals surface area contributed by atoms with Gasteiger partial charge in [-0.1, -0.05) is 29.9 Å². The van der Waals surface area contributed by atoms with E-state index in [1.807, 2.05) is 0 Å². The van der Waals surface area contributed by atoms with Crippen molar-refractivity contribution in [1.82, 2.24) is 4.31 Å².